The number of hydrogen-bond acceptors (Lipinski definition) is 9. The lowest BCUT2D eigenvalue weighted by atomic mass is 9.98. The Morgan fingerprint density at radius 1 is 0.639 bits per heavy atom. The first kappa shape index (κ1) is 32.1. The highest BCUT2D eigenvalue weighted by atomic mass is 32.3. The molecule has 0 aliphatic carbocycles. The summed E-state index contributed by atoms with van der Waals surface area (Å²) in [5, 5.41) is 0. The second kappa shape index (κ2) is 17.5. The van der Waals surface area contributed by atoms with Crippen LogP contribution >= 0.6 is 0 Å². The molecule has 1 rings (SSSR count). The number of unbranched alkanes of at least 4 members (excludes halogenated alkanes) is 5. The van der Waals surface area contributed by atoms with Gasteiger partial charge in [0.1, 0.15) is 0 Å². The molecule has 0 heterocycles. The summed E-state index contributed by atoms with van der Waals surface area (Å²) in [7, 11) is -4.93. The molecule has 210 valence electrons. The van der Waals surface area contributed by atoms with Gasteiger partial charge in [-0.25, -0.2) is 0 Å². The van der Waals surface area contributed by atoms with Crippen LogP contribution in [-0.4, -0.2) is 46.0 Å². The molecule has 0 fully saturated rings. The smallest absolute Gasteiger partial charge is 0.432 e. The first-order chi connectivity index (χ1) is 17.3. The maximum Gasteiger partial charge on any atom is 0.432 e. The molecule has 0 radical (unpaired) electrons. The number of benzene rings is 1. The highest BCUT2D eigenvalue weighted by Crippen LogP contribution is 2.57. The Labute approximate surface area is 216 Å². The number of rotatable bonds is 21. The van der Waals surface area contributed by atoms with Crippen molar-refractivity contribution < 1.29 is 45.9 Å². The van der Waals surface area contributed by atoms with Gasteiger partial charge in [0.25, 0.3) is 5.75 Å². The molecule has 1 N–H and O–H groups in total. The van der Waals surface area contributed by atoms with E-state index in [0.717, 1.165) is 19.3 Å². The van der Waals surface area contributed by atoms with Crippen LogP contribution in [0.2, 0.25) is 0 Å². The van der Waals surface area contributed by atoms with E-state index in [1.807, 2.05) is 20.8 Å². The van der Waals surface area contributed by atoms with E-state index in [4.69, 9.17) is 33.1 Å². The van der Waals surface area contributed by atoms with E-state index >= 15 is 0 Å². The third-order valence-electron chi connectivity index (χ3n) is 5.18. The Hall–Kier alpha value is -1.95. The standard InChI is InChI=1S/C25H44O10S/c1-7-13-14-15-16-17-18-19(29-8-2)20-21(30-9-3)23(32-11-5)25(34-35-36(26,27)28)24(33-12-6)22(20)31-10-4/h19H,7-18H2,1-6H3,(H,26,27,28). The molecule has 0 aliphatic rings. The van der Waals surface area contributed by atoms with Crippen LogP contribution in [0.25, 0.3) is 0 Å². The van der Waals surface area contributed by atoms with Gasteiger partial charge in [-0.1, -0.05) is 45.4 Å². The van der Waals surface area contributed by atoms with Gasteiger partial charge in [-0.2, -0.15) is 8.42 Å². The summed E-state index contributed by atoms with van der Waals surface area (Å²) < 4.78 is 65.8. The largest absolute Gasteiger partial charge is 0.489 e. The van der Waals surface area contributed by atoms with Crippen LogP contribution in [0, 0.1) is 0 Å². The van der Waals surface area contributed by atoms with Gasteiger partial charge >= 0.3 is 10.4 Å². The molecule has 1 aromatic carbocycles. The summed E-state index contributed by atoms with van der Waals surface area (Å²) >= 11 is 0. The summed E-state index contributed by atoms with van der Waals surface area (Å²) in [6.07, 6.45) is 7.07. The molecule has 1 atom stereocenters. The summed E-state index contributed by atoms with van der Waals surface area (Å²) in [4.78, 5) is 5.05. The van der Waals surface area contributed by atoms with Crippen molar-refractivity contribution in [2.24, 2.45) is 0 Å². The van der Waals surface area contributed by atoms with E-state index < -0.39 is 16.5 Å². The summed E-state index contributed by atoms with van der Waals surface area (Å²) in [6, 6.07) is 0. The fraction of sp³-hybridized carbons (Fsp3) is 0.760. The van der Waals surface area contributed by atoms with Crippen LogP contribution in [0.5, 0.6) is 28.7 Å². The van der Waals surface area contributed by atoms with Gasteiger partial charge in [-0.05, 0) is 45.4 Å². The minimum absolute atomic E-state index is 0.0672. The molecular formula is C25H44O10S. The van der Waals surface area contributed by atoms with Crippen molar-refractivity contribution in [1.29, 1.82) is 0 Å². The van der Waals surface area contributed by atoms with Crippen molar-refractivity contribution in [2.75, 3.05) is 33.0 Å². The third-order valence-corrected chi connectivity index (χ3v) is 5.42. The Morgan fingerprint density at radius 2 is 1.11 bits per heavy atom. The predicted octanol–water partition coefficient (Wildman–Crippen LogP) is 6.22. The van der Waals surface area contributed by atoms with E-state index in [1.165, 1.54) is 19.3 Å². The van der Waals surface area contributed by atoms with Gasteiger partial charge in [0.15, 0.2) is 11.5 Å². The molecule has 0 amide bonds. The van der Waals surface area contributed by atoms with Crippen LogP contribution < -0.4 is 23.8 Å². The van der Waals surface area contributed by atoms with E-state index in [0.29, 0.717) is 18.6 Å². The van der Waals surface area contributed by atoms with Crippen molar-refractivity contribution >= 4 is 10.4 Å². The summed E-state index contributed by atoms with van der Waals surface area (Å²) in [6.45, 7) is 12.7. The molecule has 0 spiro atoms. The van der Waals surface area contributed by atoms with Gasteiger partial charge in [0, 0.05) is 6.61 Å². The Bertz CT molecular complexity index is 820. The minimum atomic E-state index is -4.93. The van der Waals surface area contributed by atoms with Crippen LogP contribution in [0.15, 0.2) is 0 Å². The predicted molar refractivity (Wildman–Crippen MR) is 137 cm³/mol. The van der Waals surface area contributed by atoms with E-state index in [-0.39, 0.29) is 55.2 Å². The zero-order valence-electron chi connectivity index (χ0n) is 22.6. The molecule has 0 aromatic heterocycles. The average molecular weight is 537 g/mol. The quantitative estimate of drug-likeness (QED) is 0.0839. The third kappa shape index (κ3) is 10.2. The first-order valence-electron chi connectivity index (χ1n) is 13.0. The zero-order valence-corrected chi connectivity index (χ0v) is 23.4. The Morgan fingerprint density at radius 3 is 1.56 bits per heavy atom. The van der Waals surface area contributed by atoms with Crippen molar-refractivity contribution in [3.8, 4) is 28.7 Å². The SMILES string of the molecule is CCCCCCCCC(OCC)c1c(OCC)c(OCC)c(OOS(=O)(=O)O)c(OCC)c1OCC. The molecule has 0 aliphatic heterocycles. The Kier molecular flexibility index (Phi) is 15.6. The van der Waals surface area contributed by atoms with E-state index in [9.17, 15) is 8.42 Å². The van der Waals surface area contributed by atoms with Gasteiger partial charge in [0.2, 0.25) is 11.5 Å². The fourth-order valence-corrected chi connectivity index (χ4v) is 4.00. The Balaban J connectivity index is 3.73. The molecule has 1 aromatic rings. The van der Waals surface area contributed by atoms with Crippen molar-refractivity contribution in [3.05, 3.63) is 5.56 Å². The highest BCUT2D eigenvalue weighted by molar-refractivity contribution is 7.80. The summed E-state index contributed by atoms with van der Waals surface area (Å²) in [5.41, 5.74) is 0.597. The molecular weight excluding hydrogens is 492 g/mol. The molecule has 0 bridgehead atoms. The fourth-order valence-electron chi connectivity index (χ4n) is 3.85. The number of ether oxygens (including phenoxy) is 5. The number of hydrogen-bond donors (Lipinski definition) is 1. The lowest BCUT2D eigenvalue weighted by Gasteiger charge is -2.28. The van der Waals surface area contributed by atoms with Gasteiger partial charge in [-0.15, -0.1) is 0 Å². The molecule has 10 nitrogen and oxygen atoms in total. The molecule has 1 unspecified atom stereocenters. The maximum absolute atomic E-state index is 11.3. The molecule has 0 saturated heterocycles. The van der Waals surface area contributed by atoms with Crippen molar-refractivity contribution in [1.82, 2.24) is 0 Å². The average Bonchev–Trinajstić information content (AvgIpc) is 2.82. The second-order valence-electron chi connectivity index (χ2n) is 7.87. The summed E-state index contributed by atoms with van der Waals surface area (Å²) in [5.74, 6) is 0.478. The van der Waals surface area contributed by atoms with Gasteiger partial charge in [0.05, 0.1) is 38.1 Å². The van der Waals surface area contributed by atoms with Crippen LogP contribution in [0.1, 0.15) is 98.2 Å². The van der Waals surface area contributed by atoms with E-state index in [2.05, 4.69) is 11.3 Å². The van der Waals surface area contributed by atoms with Crippen LogP contribution in [-0.2, 0) is 19.5 Å². The van der Waals surface area contributed by atoms with Gasteiger partial charge < -0.3 is 28.6 Å². The molecule has 0 saturated carbocycles. The zero-order chi connectivity index (χ0) is 27.0. The lowest BCUT2D eigenvalue weighted by molar-refractivity contribution is -0.106. The maximum atomic E-state index is 11.3. The van der Waals surface area contributed by atoms with Crippen molar-refractivity contribution in [2.45, 2.75) is 92.6 Å². The molecule has 36 heavy (non-hydrogen) atoms. The van der Waals surface area contributed by atoms with Gasteiger partial charge in [-0.3, -0.25) is 4.55 Å². The van der Waals surface area contributed by atoms with Crippen LogP contribution in [0.3, 0.4) is 0 Å². The minimum Gasteiger partial charge on any atom is -0.489 e. The lowest BCUT2D eigenvalue weighted by Crippen LogP contribution is -2.15. The topological polar surface area (TPSA) is 119 Å². The molecule has 11 heteroatoms. The normalized spacial score (nSPS) is 12.3. The highest BCUT2D eigenvalue weighted by Gasteiger charge is 2.35. The first-order valence-corrected chi connectivity index (χ1v) is 14.4. The van der Waals surface area contributed by atoms with Crippen LogP contribution in [0.4, 0.5) is 0 Å². The van der Waals surface area contributed by atoms with Crippen molar-refractivity contribution in [3.63, 3.8) is 0 Å². The monoisotopic (exact) mass is 536 g/mol. The van der Waals surface area contributed by atoms with E-state index in [1.54, 1.807) is 13.8 Å². The second-order valence-corrected chi connectivity index (χ2v) is 8.86.